The summed E-state index contributed by atoms with van der Waals surface area (Å²) in [5.74, 6) is 0.883. The van der Waals surface area contributed by atoms with Crippen LogP contribution in [0.1, 0.15) is 17.2 Å². The Labute approximate surface area is 156 Å². The van der Waals surface area contributed by atoms with Crippen LogP contribution in [0.5, 0.6) is 17.4 Å². The summed E-state index contributed by atoms with van der Waals surface area (Å²) in [6.07, 6.45) is -0.490. The van der Waals surface area contributed by atoms with Crippen LogP contribution in [-0.2, 0) is 6.42 Å². The van der Waals surface area contributed by atoms with Crippen LogP contribution in [0.2, 0.25) is 0 Å². The van der Waals surface area contributed by atoms with E-state index in [1.807, 2.05) is 12.1 Å². The molecule has 0 aliphatic heterocycles. The minimum absolute atomic E-state index is 0.158. The van der Waals surface area contributed by atoms with E-state index in [1.54, 1.807) is 31.4 Å². The third kappa shape index (κ3) is 4.81. The number of hydrogen-bond donors (Lipinski definition) is 2. The summed E-state index contributed by atoms with van der Waals surface area (Å²) in [7, 11) is 1.58. The number of hydrogen-bond acceptors (Lipinski definition) is 5. The molecule has 2 atom stereocenters. The van der Waals surface area contributed by atoms with E-state index in [0.29, 0.717) is 11.3 Å². The Bertz CT molecular complexity index is 868. The molecule has 6 heteroatoms. The van der Waals surface area contributed by atoms with Gasteiger partial charge in [0.25, 0.3) is 0 Å². The van der Waals surface area contributed by atoms with Gasteiger partial charge in [0.15, 0.2) is 0 Å². The summed E-state index contributed by atoms with van der Waals surface area (Å²) in [4.78, 5) is 4.13. The molecule has 0 aliphatic carbocycles. The fourth-order valence-electron chi connectivity index (χ4n) is 2.65. The molecule has 0 amide bonds. The van der Waals surface area contributed by atoms with E-state index < -0.39 is 12.2 Å². The van der Waals surface area contributed by atoms with Crippen LogP contribution in [0.3, 0.4) is 0 Å². The van der Waals surface area contributed by atoms with Gasteiger partial charge in [-0.3, -0.25) is 0 Å². The van der Waals surface area contributed by atoms with Crippen molar-refractivity contribution in [3.8, 4) is 17.4 Å². The molecular weight excluding hydrogens is 349 g/mol. The minimum atomic E-state index is -1.20. The Kier molecular flexibility index (Phi) is 6.01. The lowest BCUT2D eigenvalue weighted by atomic mass is 9.99. The number of aliphatic hydroxyl groups excluding tert-OH is 2. The molecule has 0 bridgehead atoms. The second-order valence-corrected chi connectivity index (χ2v) is 6.02. The van der Waals surface area contributed by atoms with E-state index in [9.17, 15) is 14.6 Å². The predicted octanol–water partition coefficient (Wildman–Crippen LogP) is 3.66. The van der Waals surface area contributed by atoms with Crippen LogP contribution in [0.15, 0.2) is 66.9 Å². The molecule has 140 valence electrons. The summed E-state index contributed by atoms with van der Waals surface area (Å²) in [5, 5.41) is 21.1. The predicted molar refractivity (Wildman–Crippen MR) is 98.4 cm³/mol. The van der Waals surface area contributed by atoms with Gasteiger partial charge in [0.1, 0.15) is 23.4 Å². The number of methoxy groups -OCH3 is 1. The molecule has 5 nitrogen and oxygen atoms in total. The number of benzene rings is 2. The Morgan fingerprint density at radius 2 is 1.63 bits per heavy atom. The minimum Gasteiger partial charge on any atom is -0.497 e. The van der Waals surface area contributed by atoms with Gasteiger partial charge >= 0.3 is 0 Å². The Hall–Kier alpha value is -2.96. The summed E-state index contributed by atoms with van der Waals surface area (Å²) in [6, 6.07) is 16.0. The molecule has 3 aromatic rings. The van der Waals surface area contributed by atoms with Crippen molar-refractivity contribution in [2.75, 3.05) is 7.11 Å². The van der Waals surface area contributed by atoms with Gasteiger partial charge in [0.05, 0.1) is 13.2 Å². The zero-order chi connectivity index (χ0) is 19.2. The maximum atomic E-state index is 13.0. The molecule has 0 radical (unpaired) electrons. The van der Waals surface area contributed by atoms with Gasteiger partial charge in [-0.2, -0.15) is 0 Å². The van der Waals surface area contributed by atoms with Crippen LogP contribution >= 0.6 is 0 Å². The highest BCUT2D eigenvalue weighted by atomic mass is 19.1. The molecule has 2 aromatic carbocycles. The first-order valence-corrected chi connectivity index (χ1v) is 8.44. The van der Waals surface area contributed by atoms with Gasteiger partial charge in [-0.25, -0.2) is 9.37 Å². The van der Waals surface area contributed by atoms with Gasteiger partial charge in [0, 0.05) is 18.2 Å². The first-order chi connectivity index (χ1) is 13.1. The fourth-order valence-corrected chi connectivity index (χ4v) is 2.65. The summed E-state index contributed by atoms with van der Waals surface area (Å²) < 4.78 is 23.8. The lowest BCUT2D eigenvalue weighted by Gasteiger charge is -2.20. The van der Waals surface area contributed by atoms with Gasteiger partial charge < -0.3 is 19.7 Å². The second-order valence-electron chi connectivity index (χ2n) is 6.02. The number of halogens is 1. The molecule has 2 N–H and O–H groups in total. The van der Waals surface area contributed by atoms with Crippen molar-refractivity contribution in [3.05, 3.63) is 83.8 Å². The third-order valence-corrected chi connectivity index (χ3v) is 4.12. The SMILES string of the molecule is COc1ccc(CC(O)C(O)c2cccnc2Oc2ccc(F)cc2)cc1. The van der Waals surface area contributed by atoms with Crippen molar-refractivity contribution < 1.29 is 24.1 Å². The van der Waals surface area contributed by atoms with E-state index >= 15 is 0 Å². The normalized spacial score (nSPS) is 13.0. The monoisotopic (exact) mass is 369 g/mol. The Morgan fingerprint density at radius 3 is 2.30 bits per heavy atom. The average molecular weight is 369 g/mol. The van der Waals surface area contributed by atoms with Crippen molar-refractivity contribution in [3.63, 3.8) is 0 Å². The zero-order valence-corrected chi connectivity index (χ0v) is 14.7. The molecule has 1 aromatic heterocycles. The number of rotatable bonds is 7. The van der Waals surface area contributed by atoms with Gasteiger partial charge in [-0.05, 0) is 54.1 Å². The molecule has 0 saturated heterocycles. The number of pyridine rings is 1. The molecular formula is C21H20FNO4. The maximum Gasteiger partial charge on any atom is 0.225 e. The lowest BCUT2D eigenvalue weighted by molar-refractivity contribution is 0.0175. The van der Waals surface area contributed by atoms with E-state index in [0.717, 1.165) is 11.3 Å². The van der Waals surface area contributed by atoms with Crippen LogP contribution in [0.4, 0.5) is 4.39 Å². The summed E-state index contributed by atoms with van der Waals surface area (Å²) in [6.45, 7) is 0. The van der Waals surface area contributed by atoms with Gasteiger partial charge in [-0.1, -0.05) is 12.1 Å². The van der Waals surface area contributed by atoms with E-state index in [2.05, 4.69) is 4.98 Å². The first kappa shape index (κ1) is 18.8. The first-order valence-electron chi connectivity index (χ1n) is 8.44. The number of ether oxygens (including phenoxy) is 2. The smallest absolute Gasteiger partial charge is 0.225 e. The van der Waals surface area contributed by atoms with Crippen LogP contribution in [0.25, 0.3) is 0 Å². The molecule has 2 unspecified atom stereocenters. The Balaban J connectivity index is 1.75. The molecule has 0 saturated carbocycles. The standard InChI is InChI=1S/C21H20FNO4/c1-26-16-8-4-14(5-9-16)13-19(24)20(25)18-3-2-12-23-21(18)27-17-10-6-15(22)7-11-17/h2-12,19-20,24-25H,13H2,1H3. The lowest BCUT2D eigenvalue weighted by Crippen LogP contribution is -2.21. The van der Waals surface area contributed by atoms with Gasteiger partial charge in [-0.15, -0.1) is 0 Å². The molecule has 27 heavy (non-hydrogen) atoms. The number of nitrogens with zero attached hydrogens (tertiary/aromatic N) is 1. The van der Waals surface area contributed by atoms with Crippen molar-refractivity contribution in [2.24, 2.45) is 0 Å². The van der Waals surface area contributed by atoms with E-state index in [-0.39, 0.29) is 18.1 Å². The topological polar surface area (TPSA) is 71.8 Å². The van der Waals surface area contributed by atoms with Crippen LogP contribution in [0, 0.1) is 5.82 Å². The van der Waals surface area contributed by atoms with E-state index in [4.69, 9.17) is 9.47 Å². The third-order valence-electron chi connectivity index (χ3n) is 4.12. The van der Waals surface area contributed by atoms with Gasteiger partial charge in [0.2, 0.25) is 5.88 Å². The molecule has 1 heterocycles. The molecule has 0 aliphatic rings. The highest BCUT2D eigenvalue weighted by Crippen LogP contribution is 2.30. The van der Waals surface area contributed by atoms with Crippen molar-refractivity contribution in [1.82, 2.24) is 4.98 Å². The fraction of sp³-hybridized carbons (Fsp3) is 0.190. The van der Waals surface area contributed by atoms with Crippen molar-refractivity contribution >= 4 is 0 Å². The highest BCUT2D eigenvalue weighted by Gasteiger charge is 2.23. The second kappa shape index (κ2) is 8.62. The number of aliphatic hydroxyl groups is 2. The van der Waals surface area contributed by atoms with Crippen molar-refractivity contribution in [2.45, 2.75) is 18.6 Å². The van der Waals surface area contributed by atoms with Crippen molar-refractivity contribution in [1.29, 1.82) is 0 Å². The molecule has 0 fully saturated rings. The highest BCUT2D eigenvalue weighted by molar-refractivity contribution is 5.35. The molecule has 0 spiro atoms. The van der Waals surface area contributed by atoms with E-state index in [1.165, 1.54) is 30.5 Å². The summed E-state index contributed by atoms with van der Waals surface area (Å²) >= 11 is 0. The Morgan fingerprint density at radius 1 is 0.963 bits per heavy atom. The van der Waals surface area contributed by atoms with Crippen LogP contribution in [-0.4, -0.2) is 28.4 Å². The maximum absolute atomic E-state index is 13.0. The quantitative estimate of drug-likeness (QED) is 0.665. The largest absolute Gasteiger partial charge is 0.497 e. The molecule has 3 rings (SSSR count). The number of aromatic nitrogens is 1. The van der Waals surface area contributed by atoms with Crippen LogP contribution < -0.4 is 9.47 Å². The average Bonchev–Trinajstić information content (AvgIpc) is 2.70. The zero-order valence-electron chi connectivity index (χ0n) is 14.7. The summed E-state index contributed by atoms with van der Waals surface area (Å²) in [5.41, 5.74) is 1.20.